The van der Waals surface area contributed by atoms with E-state index in [0.29, 0.717) is 30.8 Å². The van der Waals surface area contributed by atoms with Crippen LogP contribution in [0.5, 0.6) is 5.75 Å². The second kappa shape index (κ2) is 10.2. The smallest absolute Gasteiger partial charge is 0.248 e. The van der Waals surface area contributed by atoms with Crippen molar-refractivity contribution >= 4 is 35.2 Å². The maximum atomic E-state index is 14.2. The fourth-order valence-corrected chi connectivity index (χ4v) is 8.86. The molecule has 1 aromatic rings. The molecule has 2 bridgehead atoms. The second-order valence-electron chi connectivity index (χ2n) is 10.9. The van der Waals surface area contributed by atoms with Gasteiger partial charge in [0.15, 0.2) is 0 Å². The van der Waals surface area contributed by atoms with E-state index >= 15 is 0 Å². The van der Waals surface area contributed by atoms with E-state index in [0.717, 1.165) is 12.8 Å². The van der Waals surface area contributed by atoms with E-state index in [9.17, 15) is 19.5 Å². The van der Waals surface area contributed by atoms with E-state index in [1.54, 1.807) is 48.0 Å². The van der Waals surface area contributed by atoms with Gasteiger partial charge in [0, 0.05) is 17.0 Å². The quantitative estimate of drug-likeness (QED) is 0.440. The van der Waals surface area contributed by atoms with Gasteiger partial charge in [-0.05, 0) is 62.8 Å². The molecule has 198 valence electrons. The van der Waals surface area contributed by atoms with Gasteiger partial charge in [-0.1, -0.05) is 20.8 Å². The number of aliphatic hydroxyl groups is 1. The molecule has 9 heteroatoms. The first-order chi connectivity index (χ1) is 17.1. The fourth-order valence-electron chi connectivity index (χ4n) is 6.52. The lowest BCUT2D eigenvalue weighted by Crippen LogP contribution is -2.55. The van der Waals surface area contributed by atoms with Gasteiger partial charge in [0.25, 0.3) is 0 Å². The van der Waals surface area contributed by atoms with Crippen molar-refractivity contribution in [1.29, 1.82) is 0 Å². The van der Waals surface area contributed by atoms with Gasteiger partial charge in [-0.15, -0.1) is 11.8 Å². The molecule has 4 rings (SSSR count). The standard InChI is InChI=1S/C27H39N3O5S/c1-6-13-28-23(32)20-21-25(34)30(18(15-31)14-16(2)3)22(27(21)12-11-26(20,4)36-27)24(33)29-17-7-9-19(35-5)10-8-17/h7-10,16,18,20-22,31H,6,11-15H2,1-5H3,(H,28,32)(H,29,33)/t18-,20-,21+,22?,26+,27?/m1/s1. The molecule has 6 atom stereocenters. The van der Waals surface area contributed by atoms with Gasteiger partial charge in [0.05, 0.1) is 36.3 Å². The Hall–Kier alpha value is -2.26. The number of amides is 3. The minimum absolute atomic E-state index is 0.104. The molecule has 0 aliphatic carbocycles. The van der Waals surface area contributed by atoms with Gasteiger partial charge < -0.3 is 25.4 Å². The average Bonchev–Trinajstić information content (AvgIpc) is 3.42. The summed E-state index contributed by atoms with van der Waals surface area (Å²) in [6.45, 7) is 8.47. The Morgan fingerprint density at radius 3 is 2.50 bits per heavy atom. The molecule has 0 aromatic heterocycles. The van der Waals surface area contributed by atoms with E-state index in [-0.39, 0.29) is 30.2 Å². The molecule has 3 N–H and O–H groups in total. The van der Waals surface area contributed by atoms with Gasteiger partial charge in [0.2, 0.25) is 17.7 Å². The third-order valence-corrected chi connectivity index (χ3v) is 9.99. The van der Waals surface area contributed by atoms with Gasteiger partial charge in [-0.3, -0.25) is 14.4 Å². The number of methoxy groups -OCH3 is 1. The second-order valence-corrected chi connectivity index (χ2v) is 12.8. The lowest BCUT2D eigenvalue weighted by molar-refractivity contribution is -0.143. The predicted octanol–water partition coefficient (Wildman–Crippen LogP) is 3.05. The summed E-state index contributed by atoms with van der Waals surface area (Å²) in [6.07, 6.45) is 2.83. The summed E-state index contributed by atoms with van der Waals surface area (Å²) in [6, 6.07) is 5.82. The Kier molecular flexibility index (Phi) is 7.62. The Morgan fingerprint density at radius 2 is 1.92 bits per heavy atom. The summed E-state index contributed by atoms with van der Waals surface area (Å²) < 4.78 is 4.11. The summed E-state index contributed by atoms with van der Waals surface area (Å²) in [7, 11) is 1.58. The maximum Gasteiger partial charge on any atom is 0.248 e. The van der Waals surface area contributed by atoms with Crippen LogP contribution in [0.4, 0.5) is 5.69 Å². The van der Waals surface area contributed by atoms with Gasteiger partial charge in [-0.2, -0.15) is 0 Å². The summed E-state index contributed by atoms with van der Waals surface area (Å²) in [5.41, 5.74) is 0.610. The number of likely N-dealkylation sites (tertiary alicyclic amines) is 1. The zero-order valence-electron chi connectivity index (χ0n) is 21.9. The van der Waals surface area contributed by atoms with Crippen LogP contribution in [0.3, 0.4) is 0 Å². The number of ether oxygens (including phenoxy) is 1. The molecule has 36 heavy (non-hydrogen) atoms. The molecular weight excluding hydrogens is 478 g/mol. The largest absolute Gasteiger partial charge is 0.497 e. The lowest BCUT2D eigenvalue weighted by atomic mass is 9.66. The summed E-state index contributed by atoms with van der Waals surface area (Å²) in [4.78, 5) is 43.1. The van der Waals surface area contributed by atoms with Crippen molar-refractivity contribution in [3.8, 4) is 5.75 Å². The van der Waals surface area contributed by atoms with Crippen LogP contribution in [0.2, 0.25) is 0 Å². The number of benzene rings is 1. The monoisotopic (exact) mass is 517 g/mol. The third kappa shape index (κ3) is 4.38. The average molecular weight is 518 g/mol. The van der Waals surface area contributed by atoms with Crippen molar-refractivity contribution in [3.63, 3.8) is 0 Å². The van der Waals surface area contributed by atoms with Crippen LogP contribution in [0.15, 0.2) is 24.3 Å². The van der Waals surface area contributed by atoms with Gasteiger partial charge in [-0.25, -0.2) is 0 Å². The van der Waals surface area contributed by atoms with Gasteiger partial charge >= 0.3 is 0 Å². The number of aliphatic hydroxyl groups excluding tert-OH is 1. The highest BCUT2D eigenvalue weighted by atomic mass is 32.2. The zero-order valence-corrected chi connectivity index (χ0v) is 22.7. The minimum atomic E-state index is -0.774. The molecule has 0 radical (unpaired) electrons. The highest BCUT2D eigenvalue weighted by Gasteiger charge is 2.77. The molecule has 1 spiro atoms. The SMILES string of the molecule is CCCNC(=O)[C@H]1[C@H]2C(=O)N([C@@H](CO)CC(C)C)C(C(=O)Nc3ccc(OC)cc3)C23CC[C@]1(C)S3. The number of anilines is 1. The zero-order chi connectivity index (χ0) is 26.3. The molecule has 3 fully saturated rings. The molecule has 2 unspecified atom stereocenters. The summed E-state index contributed by atoms with van der Waals surface area (Å²) >= 11 is 1.64. The summed E-state index contributed by atoms with van der Waals surface area (Å²) in [5, 5.41) is 16.4. The number of fused-ring (bicyclic) bond motifs is 1. The van der Waals surface area contributed by atoms with E-state index in [4.69, 9.17) is 4.74 Å². The van der Waals surface area contributed by atoms with Gasteiger partial charge in [0.1, 0.15) is 11.8 Å². The lowest BCUT2D eigenvalue weighted by Gasteiger charge is -2.37. The van der Waals surface area contributed by atoms with Crippen molar-refractivity contribution in [2.45, 2.75) is 75.0 Å². The Labute approximate surface area is 217 Å². The molecule has 3 heterocycles. The molecule has 0 saturated carbocycles. The third-order valence-electron chi connectivity index (χ3n) is 8.00. The van der Waals surface area contributed by atoms with Crippen molar-refractivity contribution in [1.82, 2.24) is 10.2 Å². The number of thioether (sulfide) groups is 1. The number of carbonyl (C=O) groups is 3. The van der Waals surface area contributed by atoms with E-state index in [1.807, 2.05) is 20.8 Å². The number of nitrogens with one attached hydrogen (secondary N) is 2. The molecule has 1 aromatic carbocycles. The van der Waals surface area contributed by atoms with Crippen LogP contribution in [0.1, 0.15) is 53.4 Å². The first-order valence-corrected chi connectivity index (χ1v) is 13.8. The van der Waals surface area contributed by atoms with Crippen LogP contribution >= 0.6 is 11.8 Å². The van der Waals surface area contributed by atoms with Crippen LogP contribution < -0.4 is 15.4 Å². The fraction of sp³-hybridized carbons (Fsp3) is 0.667. The Morgan fingerprint density at radius 1 is 1.22 bits per heavy atom. The molecule has 8 nitrogen and oxygen atoms in total. The summed E-state index contributed by atoms with van der Waals surface area (Å²) in [5.74, 6) is -0.751. The van der Waals surface area contributed by atoms with Crippen LogP contribution in [0, 0.1) is 17.8 Å². The Bertz CT molecular complexity index is 1000. The topological polar surface area (TPSA) is 108 Å². The van der Waals surface area contributed by atoms with Crippen LogP contribution in [-0.2, 0) is 14.4 Å². The molecule has 3 aliphatic rings. The normalized spacial score (nSPS) is 31.5. The number of hydrogen-bond acceptors (Lipinski definition) is 6. The predicted molar refractivity (Wildman–Crippen MR) is 141 cm³/mol. The van der Waals surface area contributed by atoms with Crippen molar-refractivity contribution in [2.24, 2.45) is 17.8 Å². The highest BCUT2D eigenvalue weighted by Crippen LogP contribution is 2.71. The van der Waals surface area contributed by atoms with Crippen molar-refractivity contribution in [2.75, 3.05) is 25.6 Å². The first kappa shape index (κ1) is 26.8. The maximum absolute atomic E-state index is 14.2. The minimum Gasteiger partial charge on any atom is -0.497 e. The van der Waals surface area contributed by atoms with Crippen molar-refractivity contribution < 1.29 is 24.2 Å². The number of nitrogens with zero attached hydrogens (tertiary/aromatic N) is 1. The van der Waals surface area contributed by atoms with Crippen LogP contribution in [0.25, 0.3) is 0 Å². The number of carbonyl (C=O) groups excluding carboxylic acids is 3. The van der Waals surface area contributed by atoms with E-state index in [1.165, 1.54) is 0 Å². The van der Waals surface area contributed by atoms with Crippen LogP contribution in [-0.4, -0.2) is 69.6 Å². The molecule has 3 amide bonds. The highest BCUT2D eigenvalue weighted by molar-refractivity contribution is 8.02. The van der Waals surface area contributed by atoms with Crippen molar-refractivity contribution in [3.05, 3.63) is 24.3 Å². The molecule has 3 aliphatic heterocycles. The van der Waals surface area contributed by atoms with E-state index in [2.05, 4.69) is 17.6 Å². The molecule has 3 saturated heterocycles. The molecular formula is C27H39N3O5S. The Balaban J connectivity index is 1.74. The number of rotatable bonds is 10. The number of hydrogen-bond donors (Lipinski definition) is 3. The van der Waals surface area contributed by atoms with E-state index < -0.39 is 33.4 Å². The first-order valence-electron chi connectivity index (χ1n) is 13.0.